The van der Waals surface area contributed by atoms with Crippen LogP contribution in [-0.2, 0) is 0 Å². The number of rotatable bonds is 3. The van der Waals surface area contributed by atoms with Gasteiger partial charge in [0.2, 0.25) is 0 Å². The van der Waals surface area contributed by atoms with Gasteiger partial charge in [0.15, 0.2) is 0 Å². The van der Waals surface area contributed by atoms with Gasteiger partial charge in [-0.2, -0.15) is 0 Å². The molecule has 82 valence electrons. The summed E-state index contributed by atoms with van der Waals surface area (Å²) in [4.78, 5) is 10.5. The van der Waals surface area contributed by atoms with Crippen molar-refractivity contribution in [2.24, 2.45) is 0 Å². The van der Waals surface area contributed by atoms with Gasteiger partial charge in [-0.3, -0.25) is 5.32 Å². The molecule has 1 amide bonds. The number of hydrogen-bond acceptors (Lipinski definition) is 3. The predicted molar refractivity (Wildman–Crippen MR) is 56.2 cm³/mol. The van der Waals surface area contributed by atoms with Crippen molar-refractivity contribution in [2.45, 2.75) is 0 Å². The molecule has 0 aliphatic carbocycles. The number of benzene rings is 1. The average Bonchev–Trinajstić information content (AvgIpc) is 2.19. The Hall–Kier alpha value is -1.62. The third kappa shape index (κ3) is 2.66. The van der Waals surface area contributed by atoms with E-state index in [1.807, 2.05) is 0 Å². The Morgan fingerprint density at radius 2 is 1.80 bits per heavy atom. The van der Waals surface area contributed by atoms with E-state index in [2.05, 4.69) is 5.32 Å². The van der Waals surface area contributed by atoms with Crippen molar-refractivity contribution >= 4 is 23.4 Å². The van der Waals surface area contributed by atoms with Crippen LogP contribution in [0, 0.1) is 0 Å². The molecule has 0 saturated carbocycles. The molecule has 1 aromatic carbocycles. The molecule has 0 radical (unpaired) electrons. The monoisotopic (exact) mass is 231 g/mol. The smallest absolute Gasteiger partial charge is 0.409 e. The first kappa shape index (κ1) is 11.5. The van der Waals surface area contributed by atoms with E-state index in [1.165, 1.54) is 26.4 Å². The average molecular weight is 232 g/mol. The zero-order valence-corrected chi connectivity index (χ0v) is 8.96. The van der Waals surface area contributed by atoms with Crippen LogP contribution in [-0.4, -0.2) is 25.4 Å². The summed E-state index contributed by atoms with van der Waals surface area (Å²) < 4.78 is 9.96. The van der Waals surface area contributed by atoms with Gasteiger partial charge in [-0.25, -0.2) is 4.79 Å². The van der Waals surface area contributed by atoms with E-state index >= 15 is 0 Å². The summed E-state index contributed by atoms with van der Waals surface area (Å²) in [5.74, 6) is 0.614. The second-order valence-corrected chi connectivity index (χ2v) is 3.05. The SMILES string of the molecule is COc1cc(Cl)cc(OC)c1NC(=O)O. The minimum Gasteiger partial charge on any atom is -0.494 e. The predicted octanol–water partition coefficient (Wildman–Crippen LogP) is 2.45. The molecule has 0 spiro atoms. The molecule has 0 aliphatic heterocycles. The van der Waals surface area contributed by atoms with Crippen molar-refractivity contribution in [1.82, 2.24) is 0 Å². The van der Waals surface area contributed by atoms with Crippen LogP contribution < -0.4 is 14.8 Å². The van der Waals surface area contributed by atoms with E-state index in [4.69, 9.17) is 26.2 Å². The van der Waals surface area contributed by atoms with E-state index in [-0.39, 0.29) is 5.69 Å². The molecular formula is C9H10ClNO4. The van der Waals surface area contributed by atoms with Crippen molar-refractivity contribution < 1.29 is 19.4 Å². The fourth-order valence-corrected chi connectivity index (χ4v) is 1.31. The van der Waals surface area contributed by atoms with Crippen LogP contribution in [0.25, 0.3) is 0 Å². The second kappa shape index (κ2) is 4.75. The van der Waals surface area contributed by atoms with Gasteiger partial charge in [-0.1, -0.05) is 11.6 Å². The number of carbonyl (C=O) groups is 1. The first-order chi connectivity index (χ1) is 7.08. The Morgan fingerprint density at radius 1 is 1.33 bits per heavy atom. The summed E-state index contributed by atoms with van der Waals surface area (Å²) >= 11 is 5.78. The molecule has 5 nitrogen and oxygen atoms in total. The number of nitrogens with one attached hydrogen (secondary N) is 1. The van der Waals surface area contributed by atoms with Crippen molar-refractivity contribution in [2.75, 3.05) is 19.5 Å². The molecule has 0 heterocycles. The standard InChI is InChI=1S/C9H10ClNO4/c1-14-6-3-5(10)4-7(15-2)8(6)11-9(12)13/h3-4,11H,1-2H3,(H,12,13). The Balaban J connectivity index is 3.23. The zero-order chi connectivity index (χ0) is 11.4. The number of hydrogen-bond donors (Lipinski definition) is 2. The summed E-state index contributed by atoms with van der Waals surface area (Å²) in [6.45, 7) is 0. The quantitative estimate of drug-likeness (QED) is 0.839. The minimum absolute atomic E-state index is 0.233. The van der Waals surface area contributed by atoms with Gasteiger partial charge >= 0.3 is 6.09 Å². The van der Waals surface area contributed by atoms with Crippen LogP contribution in [0.15, 0.2) is 12.1 Å². The lowest BCUT2D eigenvalue weighted by atomic mass is 10.2. The largest absolute Gasteiger partial charge is 0.494 e. The normalized spacial score (nSPS) is 9.53. The van der Waals surface area contributed by atoms with Gasteiger partial charge < -0.3 is 14.6 Å². The summed E-state index contributed by atoms with van der Waals surface area (Å²) in [7, 11) is 2.83. The Kier molecular flexibility index (Phi) is 3.62. The maximum atomic E-state index is 10.5. The van der Waals surface area contributed by atoms with Crippen LogP contribution in [0.4, 0.5) is 10.5 Å². The molecule has 2 N–H and O–H groups in total. The molecule has 1 aromatic rings. The second-order valence-electron chi connectivity index (χ2n) is 2.62. The topological polar surface area (TPSA) is 67.8 Å². The Labute approximate surface area is 91.6 Å². The van der Waals surface area contributed by atoms with Gasteiger partial charge in [0.1, 0.15) is 17.2 Å². The number of methoxy groups -OCH3 is 2. The van der Waals surface area contributed by atoms with Crippen LogP contribution in [0.2, 0.25) is 5.02 Å². The number of halogens is 1. The van der Waals surface area contributed by atoms with Crippen molar-refractivity contribution in [3.63, 3.8) is 0 Å². The van der Waals surface area contributed by atoms with Crippen LogP contribution in [0.5, 0.6) is 11.5 Å². The van der Waals surface area contributed by atoms with E-state index in [0.717, 1.165) is 0 Å². The van der Waals surface area contributed by atoms with Crippen LogP contribution >= 0.6 is 11.6 Å². The summed E-state index contributed by atoms with van der Waals surface area (Å²) in [6.07, 6.45) is -1.20. The van der Waals surface area contributed by atoms with E-state index in [1.54, 1.807) is 0 Å². The molecule has 0 aliphatic rings. The summed E-state index contributed by atoms with van der Waals surface area (Å²) in [5.41, 5.74) is 0.233. The minimum atomic E-state index is -1.20. The van der Waals surface area contributed by atoms with Crippen molar-refractivity contribution in [1.29, 1.82) is 0 Å². The number of anilines is 1. The molecule has 0 atom stereocenters. The fraction of sp³-hybridized carbons (Fsp3) is 0.222. The van der Waals surface area contributed by atoms with Gasteiger partial charge in [0, 0.05) is 17.2 Å². The summed E-state index contributed by atoms with van der Waals surface area (Å²) in [5, 5.41) is 11.2. The lowest BCUT2D eigenvalue weighted by Crippen LogP contribution is -2.09. The van der Waals surface area contributed by atoms with Gasteiger partial charge in [-0.05, 0) is 0 Å². The van der Waals surface area contributed by atoms with Crippen LogP contribution in [0.1, 0.15) is 0 Å². The molecule has 1 rings (SSSR count). The third-order valence-electron chi connectivity index (χ3n) is 1.70. The lowest BCUT2D eigenvalue weighted by molar-refractivity contribution is 0.209. The van der Waals surface area contributed by atoms with E-state index in [9.17, 15) is 4.79 Å². The van der Waals surface area contributed by atoms with Gasteiger partial charge in [0.25, 0.3) is 0 Å². The highest BCUT2D eigenvalue weighted by atomic mass is 35.5. The first-order valence-electron chi connectivity index (χ1n) is 4.00. The molecule has 0 aromatic heterocycles. The molecule has 15 heavy (non-hydrogen) atoms. The Bertz CT molecular complexity index is 355. The maximum Gasteiger partial charge on any atom is 0.409 e. The first-order valence-corrected chi connectivity index (χ1v) is 4.37. The van der Waals surface area contributed by atoms with Gasteiger partial charge in [-0.15, -0.1) is 0 Å². The number of ether oxygens (including phenoxy) is 2. The van der Waals surface area contributed by atoms with Crippen LogP contribution in [0.3, 0.4) is 0 Å². The number of carboxylic acid groups (broad SMARTS) is 1. The zero-order valence-electron chi connectivity index (χ0n) is 8.20. The molecule has 0 unspecified atom stereocenters. The van der Waals surface area contributed by atoms with Gasteiger partial charge in [0.05, 0.1) is 14.2 Å². The number of amides is 1. The molecule has 0 fully saturated rings. The fourth-order valence-electron chi connectivity index (χ4n) is 1.11. The molecule has 0 bridgehead atoms. The Morgan fingerprint density at radius 3 is 2.13 bits per heavy atom. The summed E-state index contributed by atoms with van der Waals surface area (Å²) in [6, 6.07) is 2.99. The highest BCUT2D eigenvalue weighted by Gasteiger charge is 2.13. The van der Waals surface area contributed by atoms with Crippen molar-refractivity contribution in [3.05, 3.63) is 17.2 Å². The highest BCUT2D eigenvalue weighted by molar-refractivity contribution is 6.31. The molecule has 0 saturated heterocycles. The molecule has 6 heteroatoms. The highest BCUT2D eigenvalue weighted by Crippen LogP contribution is 2.37. The van der Waals surface area contributed by atoms with E-state index in [0.29, 0.717) is 16.5 Å². The van der Waals surface area contributed by atoms with Crippen molar-refractivity contribution in [3.8, 4) is 11.5 Å². The third-order valence-corrected chi connectivity index (χ3v) is 1.92. The molecular weight excluding hydrogens is 222 g/mol. The lowest BCUT2D eigenvalue weighted by Gasteiger charge is -2.12. The van der Waals surface area contributed by atoms with E-state index < -0.39 is 6.09 Å². The maximum absolute atomic E-state index is 10.5.